The fourth-order valence-corrected chi connectivity index (χ4v) is 3.32. The van der Waals surface area contributed by atoms with E-state index in [9.17, 15) is 4.79 Å². The van der Waals surface area contributed by atoms with Crippen molar-refractivity contribution in [2.24, 2.45) is 0 Å². The van der Waals surface area contributed by atoms with E-state index in [2.05, 4.69) is 15.2 Å². The first kappa shape index (κ1) is 20.9. The third kappa shape index (κ3) is 6.34. The molecule has 8 heteroatoms. The maximum absolute atomic E-state index is 12.9. The van der Waals surface area contributed by atoms with Gasteiger partial charge in [-0.25, -0.2) is 4.79 Å². The second kappa shape index (κ2) is 10.6. The van der Waals surface area contributed by atoms with Crippen molar-refractivity contribution in [2.75, 3.05) is 44.7 Å². The van der Waals surface area contributed by atoms with Crippen LogP contribution in [-0.2, 0) is 11.3 Å². The van der Waals surface area contributed by atoms with Crippen LogP contribution in [-0.4, -0.2) is 60.2 Å². The van der Waals surface area contributed by atoms with Gasteiger partial charge in [0.25, 0.3) is 0 Å². The van der Waals surface area contributed by atoms with E-state index in [-0.39, 0.29) is 6.03 Å². The number of rotatable bonds is 7. The van der Waals surface area contributed by atoms with E-state index in [1.54, 1.807) is 29.3 Å². The SMILES string of the molecule is O=C(Nc1ccc(Cl)c(Cl)c1)N(CCCN1CCOCC1)Cc1ccccn1. The summed E-state index contributed by atoms with van der Waals surface area (Å²) >= 11 is 12.0. The summed E-state index contributed by atoms with van der Waals surface area (Å²) in [5, 5.41) is 3.76. The van der Waals surface area contributed by atoms with E-state index < -0.39 is 0 Å². The number of carbonyl (C=O) groups excluding carboxylic acids is 1. The minimum atomic E-state index is -0.189. The molecular formula is C20H24Cl2N4O2. The molecule has 2 aromatic rings. The number of ether oxygens (including phenoxy) is 1. The van der Waals surface area contributed by atoms with E-state index >= 15 is 0 Å². The first-order valence-corrected chi connectivity index (χ1v) is 10.1. The predicted octanol–water partition coefficient (Wildman–Crippen LogP) is 4.14. The number of amides is 2. The van der Waals surface area contributed by atoms with Gasteiger partial charge in [0.2, 0.25) is 0 Å². The lowest BCUT2D eigenvalue weighted by molar-refractivity contribution is 0.0365. The standard InChI is InChI=1S/C20H24Cl2N4O2/c21-18-6-5-16(14-19(18)22)24-20(27)26(15-17-4-1-2-7-23-17)9-3-8-25-10-12-28-13-11-25/h1-2,4-7,14H,3,8-13,15H2,(H,24,27). The van der Waals surface area contributed by atoms with Crippen LogP contribution in [0, 0.1) is 0 Å². The quantitative estimate of drug-likeness (QED) is 0.727. The van der Waals surface area contributed by atoms with Crippen LogP contribution in [0.2, 0.25) is 10.0 Å². The van der Waals surface area contributed by atoms with Crippen LogP contribution in [0.4, 0.5) is 10.5 Å². The summed E-state index contributed by atoms with van der Waals surface area (Å²) in [6, 6.07) is 10.6. The molecule has 0 radical (unpaired) electrons. The molecule has 0 saturated carbocycles. The Balaban J connectivity index is 1.61. The molecule has 1 aromatic carbocycles. The van der Waals surface area contributed by atoms with Crippen LogP contribution >= 0.6 is 23.2 Å². The zero-order valence-electron chi connectivity index (χ0n) is 15.6. The normalized spacial score (nSPS) is 14.6. The van der Waals surface area contributed by atoms with E-state index in [0.717, 1.165) is 45.0 Å². The van der Waals surface area contributed by atoms with Crippen molar-refractivity contribution in [2.45, 2.75) is 13.0 Å². The first-order valence-electron chi connectivity index (χ1n) is 9.33. The molecule has 1 aliphatic heterocycles. The van der Waals surface area contributed by atoms with Crippen molar-refractivity contribution in [1.82, 2.24) is 14.8 Å². The van der Waals surface area contributed by atoms with Crippen molar-refractivity contribution >= 4 is 34.9 Å². The summed E-state index contributed by atoms with van der Waals surface area (Å²) in [6.45, 7) is 5.43. The highest BCUT2D eigenvalue weighted by Gasteiger charge is 2.17. The van der Waals surface area contributed by atoms with E-state index in [0.29, 0.717) is 28.8 Å². The third-order valence-corrected chi connectivity index (χ3v) is 5.28. The van der Waals surface area contributed by atoms with Crippen molar-refractivity contribution in [3.63, 3.8) is 0 Å². The summed E-state index contributed by atoms with van der Waals surface area (Å²) in [6.07, 6.45) is 2.61. The lowest BCUT2D eigenvalue weighted by atomic mass is 10.3. The van der Waals surface area contributed by atoms with Crippen molar-refractivity contribution in [3.8, 4) is 0 Å². The van der Waals surface area contributed by atoms with Gasteiger partial charge in [0, 0.05) is 38.1 Å². The molecule has 0 aliphatic carbocycles. The minimum absolute atomic E-state index is 0.189. The van der Waals surface area contributed by atoms with Gasteiger partial charge in [0.1, 0.15) is 0 Å². The van der Waals surface area contributed by atoms with Crippen LogP contribution in [0.25, 0.3) is 0 Å². The maximum atomic E-state index is 12.9. The Labute approximate surface area is 175 Å². The summed E-state index contributed by atoms with van der Waals surface area (Å²) in [7, 11) is 0. The molecule has 0 unspecified atom stereocenters. The number of hydrogen-bond donors (Lipinski definition) is 1. The number of nitrogens with one attached hydrogen (secondary N) is 1. The molecule has 150 valence electrons. The van der Waals surface area contributed by atoms with Crippen LogP contribution < -0.4 is 5.32 Å². The van der Waals surface area contributed by atoms with Gasteiger partial charge in [-0.2, -0.15) is 0 Å². The van der Waals surface area contributed by atoms with Gasteiger partial charge >= 0.3 is 6.03 Å². The summed E-state index contributed by atoms with van der Waals surface area (Å²) < 4.78 is 5.38. The first-order chi connectivity index (χ1) is 13.6. The molecule has 1 aliphatic rings. The third-order valence-electron chi connectivity index (χ3n) is 4.54. The lowest BCUT2D eigenvalue weighted by Crippen LogP contribution is -2.40. The molecule has 6 nitrogen and oxygen atoms in total. The smallest absolute Gasteiger partial charge is 0.322 e. The number of anilines is 1. The van der Waals surface area contributed by atoms with E-state index in [4.69, 9.17) is 27.9 Å². The molecule has 0 bridgehead atoms. The molecule has 1 fully saturated rings. The van der Waals surface area contributed by atoms with Gasteiger partial charge in [0.15, 0.2) is 0 Å². The molecule has 1 saturated heterocycles. The van der Waals surface area contributed by atoms with Gasteiger partial charge < -0.3 is 15.0 Å². The number of hydrogen-bond acceptors (Lipinski definition) is 4. The van der Waals surface area contributed by atoms with Crippen LogP contribution in [0.3, 0.4) is 0 Å². The molecule has 0 atom stereocenters. The van der Waals surface area contributed by atoms with Gasteiger partial charge in [-0.15, -0.1) is 0 Å². The summed E-state index contributed by atoms with van der Waals surface area (Å²) in [5.41, 5.74) is 1.46. The van der Waals surface area contributed by atoms with Gasteiger partial charge in [-0.05, 0) is 36.8 Å². The monoisotopic (exact) mass is 422 g/mol. The van der Waals surface area contributed by atoms with Crippen LogP contribution in [0.5, 0.6) is 0 Å². The second-order valence-electron chi connectivity index (χ2n) is 6.61. The highest BCUT2D eigenvalue weighted by Crippen LogP contribution is 2.25. The van der Waals surface area contributed by atoms with Crippen molar-refractivity contribution in [1.29, 1.82) is 0 Å². The van der Waals surface area contributed by atoms with E-state index in [1.165, 1.54) is 0 Å². The minimum Gasteiger partial charge on any atom is -0.379 e. The Morgan fingerprint density at radius 1 is 1.18 bits per heavy atom. The number of pyridine rings is 1. The zero-order chi connectivity index (χ0) is 19.8. The number of aromatic nitrogens is 1. The van der Waals surface area contributed by atoms with Gasteiger partial charge in [-0.1, -0.05) is 29.3 Å². The lowest BCUT2D eigenvalue weighted by Gasteiger charge is -2.28. The maximum Gasteiger partial charge on any atom is 0.322 e. The molecule has 1 N–H and O–H groups in total. The number of benzene rings is 1. The molecule has 0 spiro atoms. The van der Waals surface area contributed by atoms with Crippen LogP contribution in [0.15, 0.2) is 42.6 Å². The zero-order valence-corrected chi connectivity index (χ0v) is 17.1. The topological polar surface area (TPSA) is 57.7 Å². The van der Waals surface area contributed by atoms with E-state index in [1.807, 2.05) is 18.2 Å². The average molecular weight is 423 g/mol. The Hall–Kier alpha value is -1.86. The van der Waals surface area contributed by atoms with Gasteiger partial charge in [0.05, 0.1) is 35.5 Å². The number of nitrogens with zero attached hydrogens (tertiary/aromatic N) is 3. The Kier molecular flexibility index (Phi) is 7.91. The Morgan fingerprint density at radius 3 is 2.71 bits per heavy atom. The van der Waals surface area contributed by atoms with Crippen molar-refractivity contribution in [3.05, 3.63) is 58.3 Å². The number of carbonyl (C=O) groups is 1. The van der Waals surface area contributed by atoms with Crippen LogP contribution in [0.1, 0.15) is 12.1 Å². The molecule has 2 amide bonds. The molecule has 28 heavy (non-hydrogen) atoms. The fourth-order valence-electron chi connectivity index (χ4n) is 3.03. The largest absolute Gasteiger partial charge is 0.379 e. The number of urea groups is 1. The Bertz CT molecular complexity index is 770. The number of morpholine rings is 1. The second-order valence-corrected chi connectivity index (χ2v) is 7.42. The predicted molar refractivity (Wildman–Crippen MR) is 112 cm³/mol. The molecule has 2 heterocycles. The molecular weight excluding hydrogens is 399 g/mol. The fraction of sp³-hybridized carbons (Fsp3) is 0.400. The molecule has 1 aromatic heterocycles. The highest BCUT2D eigenvalue weighted by molar-refractivity contribution is 6.42. The average Bonchev–Trinajstić information content (AvgIpc) is 2.71. The van der Waals surface area contributed by atoms with Gasteiger partial charge in [-0.3, -0.25) is 9.88 Å². The number of halogens is 2. The summed E-state index contributed by atoms with van der Waals surface area (Å²) in [4.78, 5) is 21.3. The molecule has 3 rings (SSSR count). The Morgan fingerprint density at radius 2 is 2.00 bits per heavy atom. The van der Waals surface area contributed by atoms with Crippen molar-refractivity contribution < 1.29 is 9.53 Å². The highest BCUT2D eigenvalue weighted by atomic mass is 35.5. The summed E-state index contributed by atoms with van der Waals surface area (Å²) in [5.74, 6) is 0.